The molecule has 1 aliphatic heterocycles. The van der Waals surface area contributed by atoms with Crippen LogP contribution in [0.5, 0.6) is 11.5 Å². The molecule has 0 radical (unpaired) electrons. The van der Waals surface area contributed by atoms with Gasteiger partial charge in [-0.2, -0.15) is 0 Å². The molecule has 5 heteroatoms. The quantitative estimate of drug-likeness (QED) is 0.732. The normalized spacial score (nSPS) is 16.0. The highest BCUT2D eigenvalue weighted by molar-refractivity contribution is 5.83. The number of aryl methyl sites for hydroxylation is 2. The molecular weight excluding hydrogens is 330 g/mol. The Bertz CT molecular complexity index is 1010. The number of hydrogen-bond acceptors (Lipinski definition) is 4. The standard InChI is InChI=1S/C21H21NO4/c1-13-7-8-17-15(9-20(23)26-21(17)14(13)2)10-22-11-16-12-24-18-5-3-4-6-19(18)25-16/h3-9,16,22H,10-12H2,1-2H3/p+1/t16-/m0/s1. The van der Waals surface area contributed by atoms with Crippen LogP contribution < -0.4 is 20.4 Å². The van der Waals surface area contributed by atoms with E-state index in [-0.39, 0.29) is 11.7 Å². The van der Waals surface area contributed by atoms with E-state index < -0.39 is 0 Å². The fraction of sp³-hybridized carbons (Fsp3) is 0.286. The van der Waals surface area contributed by atoms with Crippen molar-refractivity contribution < 1.29 is 19.2 Å². The molecule has 3 aromatic rings. The molecule has 5 nitrogen and oxygen atoms in total. The van der Waals surface area contributed by atoms with Gasteiger partial charge in [0.2, 0.25) is 0 Å². The molecule has 0 aliphatic carbocycles. The highest BCUT2D eigenvalue weighted by atomic mass is 16.6. The third-order valence-corrected chi connectivity index (χ3v) is 4.88. The summed E-state index contributed by atoms with van der Waals surface area (Å²) < 4.78 is 17.2. The van der Waals surface area contributed by atoms with E-state index in [2.05, 4.69) is 11.4 Å². The van der Waals surface area contributed by atoms with Crippen LogP contribution in [0.15, 0.2) is 51.7 Å². The fourth-order valence-corrected chi connectivity index (χ4v) is 3.30. The summed E-state index contributed by atoms with van der Waals surface area (Å²) in [5, 5.41) is 3.14. The molecule has 134 valence electrons. The summed E-state index contributed by atoms with van der Waals surface area (Å²) in [6, 6.07) is 13.4. The second kappa shape index (κ2) is 6.84. The molecule has 0 bridgehead atoms. The van der Waals surface area contributed by atoms with Crippen molar-refractivity contribution in [2.24, 2.45) is 0 Å². The van der Waals surface area contributed by atoms with Crippen molar-refractivity contribution in [3.63, 3.8) is 0 Å². The van der Waals surface area contributed by atoms with Gasteiger partial charge in [0.15, 0.2) is 17.6 Å². The maximum Gasteiger partial charge on any atom is 0.336 e. The largest absolute Gasteiger partial charge is 0.486 e. The Morgan fingerprint density at radius 2 is 1.92 bits per heavy atom. The molecule has 2 aromatic carbocycles. The Morgan fingerprint density at radius 1 is 1.12 bits per heavy atom. The predicted molar refractivity (Wildman–Crippen MR) is 98.8 cm³/mol. The minimum atomic E-state index is -0.305. The zero-order valence-electron chi connectivity index (χ0n) is 15.0. The maximum absolute atomic E-state index is 11.9. The topological polar surface area (TPSA) is 65.3 Å². The molecule has 0 saturated carbocycles. The summed E-state index contributed by atoms with van der Waals surface area (Å²) in [7, 11) is 0. The number of benzene rings is 2. The third kappa shape index (κ3) is 3.18. The van der Waals surface area contributed by atoms with Crippen LogP contribution >= 0.6 is 0 Å². The average molecular weight is 352 g/mol. The summed E-state index contributed by atoms with van der Waals surface area (Å²) in [6.07, 6.45) is -0.0136. The van der Waals surface area contributed by atoms with Crippen LogP contribution in [0.25, 0.3) is 11.0 Å². The molecule has 0 saturated heterocycles. The van der Waals surface area contributed by atoms with Crippen molar-refractivity contribution in [2.45, 2.75) is 26.5 Å². The van der Waals surface area contributed by atoms with Gasteiger partial charge in [0.05, 0.1) is 0 Å². The molecule has 26 heavy (non-hydrogen) atoms. The average Bonchev–Trinajstić information content (AvgIpc) is 2.65. The summed E-state index contributed by atoms with van der Waals surface area (Å²) in [4.78, 5) is 11.9. The van der Waals surface area contributed by atoms with Crippen LogP contribution in [0.3, 0.4) is 0 Å². The molecule has 1 aromatic heterocycles. The Morgan fingerprint density at radius 3 is 2.77 bits per heavy atom. The van der Waals surface area contributed by atoms with Gasteiger partial charge in [-0.05, 0) is 37.1 Å². The predicted octanol–water partition coefficient (Wildman–Crippen LogP) is 2.31. The molecule has 1 aliphatic rings. The Kier molecular flexibility index (Phi) is 4.39. The third-order valence-electron chi connectivity index (χ3n) is 4.88. The van der Waals surface area contributed by atoms with Gasteiger partial charge in [-0.15, -0.1) is 0 Å². The lowest BCUT2D eigenvalue weighted by molar-refractivity contribution is -0.675. The van der Waals surface area contributed by atoms with Crippen LogP contribution in [-0.4, -0.2) is 19.3 Å². The number of fused-ring (bicyclic) bond motifs is 2. The first kappa shape index (κ1) is 16.7. The number of ether oxygens (including phenoxy) is 2. The zero-order chi connectivity index (χ0) is 18.1. The SMILES string of the molecule is Cc1ccc2c(C[NH2+]C[C@H]3COc4ccccc4O3)cc(=O)oc2c1C. The first-order chi connectivity index (χ1) is 12.6. The zero-order valence-corrected chi connectivity index (χ0v) is 15.0. The lowest BCUT2D eigenvalue weighted by atomic mass is 10.0. The van der Waals surface area contributed by atoms with Gasteiger partial charge in [0.1, 0.15) is 25.3 Å². The maximum atomic E-state index is 11.9. The number of hydrogen-bond donors (Lipinski definition) is 1. The first-order valence-electron chi connectivity index (χ1n) is 8.85. The molecule has 0 unspecified atom stereocenters. The van der Waals surface area contributed by atoms with Crippen molar-refractivity contribution in [1.82, 2.24) is 0 Å². The van der Waals surface area contributed by atoms with Crippen molar-refractivity contribution >= 4 is 11.0 Å². The Hall–Kier alpha value is -2.79. The van der Waals surface area contributed by atoms with Crippen molar-refractivity contribution in [3.05, 3.63) is 69.6 Å². The van der Waals surface area contributed by atoms with E-state index in [0.29, 0.717) is 18.7 Å². The second-order valence-corrected chi connectivity index (χ2v) is 6.70. The summed E-state index contributed by atoms with van der Waals surface area (Å²) >= 11 is 0. The van der Waals surface area contributed by atoms with E-state index in [1.54, 1.807) is 6.07 Å². The van der Waals surface area contributed by atoms with E-state index in [0.717, 1.165) is 40.1 Å². The van der Waals surface area contributed by atoms with Crippen molar-refractivity contribution in [1.29, 1.82) is 0 Å². The number of rotatable bonds is 4. The molecule has 0 amide bonds. The van der Waals surface area contributed by atoms with E-state index in [9.17, 15) is 4.79 Å². The monoisotopic (exact) mass is 352 g/mol. The Labute approximate surface area is 151 Å². The van der Waals surface area contributed by atoms with Gasteiger partial charge < -0.3 is 19.2 Å². The number of para-hydroxylation sites is 2. The summed E-state index contributed by atoms with van der Waals surface area (Å²) in [6.45, 7) is 5.97. The molecule has 4 rings (SSSR count). The van der Waals surface area contributed by atoms with Gasteiger partial charge in [-0.1, -0.05) is 24.3 Å². The molecule has 2 N–H and O–H groups in total. The van der Waals surface area contributed by atoms with Gasteiger partial charge >= 0.3 is 5.63 Å². The van der Waals surface area contributed by atoms with Gasteiger partial charge in [-0.25, -0.2) is 4.79 Å². The highest BCUT2D eigenvalue weighted by Crippen LogP contribution is 2.30. The number of nitrogens with two attached hydrogens (primary N) is 1. The van der Waals surface area contributed by atoms with Crippen LogP contribution in [0.4, 0.5) is 0 Å². The molecule has 0 spiro atoms. The van der Waals surface area contributed by atoms with E-state index >= 15 is 0 Å². The minimum absolute atomic E-state index is 0.0136. The Balaban J connectivity index is 1.47. The summed E-state index contributed by atoms with van der Waals surface area (Å²) in [5.41, 5.74) is 3.50. The van der Waals surface area contributed by atoms with Crippen LogP contribution in [0.1, 0.15) is 16.7 Å². The van der Waals surface area contributed by atoms with Crippen molar-refractivity contribution in [2.75, 3.05) is 13.2 Å². The van der Waals surface area contributed by atoms with Crippen LogP contribution in [-0.2, 0) is 6.54 Å². The molecule has 0 fully saturated rings. The highest BCUT2D eigenvalue weighted by Gasteiger charge is 2.22. The van der Waals surface area contributed by atoms with Crippen molar-refractivity contribution in [3.8, 4) is 11.5 Å². The lowest BCUT2D eigenvalue weighted by Gasteiger charge is -2.25. The fourth-order valence-electron chi connectivity index (χ4n) is 3.30. The number of quaternary nitrogens is 1. The first-order valence-corrected chi connectivity index (χ1v) is 8.85. The molecule has 1 atom stereocenters. The van der Waals surface area contributed by atoms with Gasteiger partial charge in [-0.3, -0.25) is 0 Å². The second-order valence-electron chi connectivity index (χ2n) is 6.70. The summed E-state index contributed by atoms with van der Waals surface area (Å²) in [5.74, 6) is 1.58. The smallest absolute Gasteiger partial charge is 0.336 e. The van der Waals surface area contributed by atoms with E-state index in [1.165, 1.54) is 0 Å². The van der Waals surface area contributed by atoms with Gasteiger partial charge in [0, 0.05) is 17.0 Å². The van der Waals surface area contributed by atoms with Crippen LogP contribution in [0.2, 0.25) is 0 Å². The lowest BCUT2D eigenvalue weighted by Crippen LogP contribution is -2.85. The molecular formula is C21H22NO4+. The minimum Gasteiger partial charge on any atom is -0.486 e. The molecule has 2 heterocycles. The van der Waals surface area contributed by atoms with Crippen LogP contribution in [0, 0.1) is 13.8 Å². The van der Waals surface area contributed by atoms with Gasteiger partial charge in [0.25, 0.3) is 0 Å². The van der Waals surface area contributed by atoms with E-state index in [1.807, 2.05) is 44.2 Å². The van der Waals surface area contributed by atoms with E-state index in [4.69, 9.17) is 13.9 Å².